The van der Waals surface area contributed by atoms with Gasteiger partial charge < -0.3 is 16.0 Å². The Bertz CT molecular complexity index is 4290. The van der Waals surface area contributed by atoms with Gasteiger partial charge in [-0.25, -0.2) is 19.3 Å². The summed E-state index contributed by atoms with van der Waals surface area (Å²) in [6, 6.07) is 20.4. The summed E-state index contributed by atoms with van der Waals surface area (Å²) in [6.45, 7) is 8.59. The zero-order valence-corrected chi connectivity index (χ0v) is 47.5. The van der Waals surface area contributed by atoms with Crippen molar-refractivity contribution in [2.24, 2.45) is 21.1 Å². The van der Waals surface area contributed by atoms with Crippen LogP contribution in [0, 0.1) is 17.1 Å². The number of nitrogens with one attached hydrogen (secondary N) is 3. The molecule has 404 valence electrons. The Hall–Kier alpha value is -7.51. The molecule has 0 spiro atoms. The predicted octanol–water partition coefficient (Wildman–Crippen LogP) is 11.7. The minimum absolute atomic E-state index is 0.320. The van der Waals surface area contributed by atoms with Gasteiger partial charge >= 0.3 is 0 Å². The third-order valence-corrected chi connectivity index (χ3v) is 19.1. The van der Waals surface area contributed by atoms with Crippen LogP contribution in [0.2, 0.25) is 0 Å². The topological polar surface area (TPSA) is 191 Å². The molecule has 0 unspecified atom stereocenters. The highest BCUT2D eigenvalue weighted by atomic mass is 32.1. The van der Waals surface area contributed by atoms with Crippen LogP contribution < -0.4 is 16.0 Å². The maximum atomic E-state index is 14.4. The molecule has 15 rings (SSSR count). The first kappa shape index (κ1) is 51.9. The molecular formula is C60H59FN16S3. The molecule has 0 atom stereocenters. The van der Waals surface area contributed by atoms with E-state index in [2.05, 4.69) is 84.7 Å². The number of pyridine rings is 3. The molecular weight excluding hydrogens is 1060 g/mol. The molecule has 0 radical (unpaired) electrons. The van der Waals surface area contributed by atoms with Crippen LogP contribution >= 0.6 is 34.0 Å². The van der Waals surface area contributed by atoms with Gasteiger partial charge in [0.05, 0.1) is 92.4 Å². The van der Waals surface area contributed by atoms with E-state index in [1.54, 1.807) is 45.3 Å². The van der Waals surface area contributed by atoms with Crippen molar-refractivity contribution in [1.82, 2.24) is 75.2 Å². The normalized spacial score (nSPS) is 15.7. The average molecular weight is 1120 g/mol. The van der Waals surface area contributed by atoms with E-state index >= 15 is 0 Å². The van der Waals surface area contributed by atoms with E-state index in [0.717, 1.165) is 153 Å². The summed E-state index contributed by atoms with van der Waals surface area (Å²) in [4.78, 5) is 28.4. The third-order valence-electron chi connectivity index (χ3n) is 15.5. The summed E-state index contributed by atoms with van der Waals surface area (Å²) in [7, 11) is 5.64. The highest BCUT2D eigenvalue weighted by molar-refractivity contribution is 7.19. The SMILES string of the molecule is CCc1cc(-c2cc3sc(C4CCNCC4)nc3cn2)cc2cn(C)nc12.Cn1cc2cc(-c3cc4sc(C5CCNCC5)nc4cn3)cc(C#N)c2n1.Cn1cc2cc(-c3cc4sc(C5CCNCC5)nc4cn3)cc(F)c2n1. The van der Waals surface area contributed by atoms with E-state index in [9.17, 15) is 9.65 Å². The summed E-state index contributed by atoms with van der Waals surface area (Å²) in [6.07, 6.45) is 19.3. The van der Waals surface area contributed by atoms with Gasteiger partial charge in [0.2, 0.25) is 0 Å². The Balaban J connectivity index is 0.000000113. The minimum atomic E-state index is -0.320. The quantitative estimate of drug-likeness (QED) is 0.137. The van der Waals surface area contributed by atoms with Gasteiger partial charge in [-0.15, -0.1) is 34.0 Å². The van der Waals surface area contributed by atoms with Gasteiger partial charge in [0.1, 0.15) is 17.1 Å². The Morgan fingerprint density at radius 2 is 0.887 bits per heavy atom. The number of piperidine rings is 3. The minimum Gasteiger partial charge on any atom is -0.317 e. The molecule has 12 heterocycles. The molecule has 3 N–H and O–H groups in total. The fourth-order valence-electron chi connectivity index (χ4n) is 11.3. The van der Waals surface area contributed by atoms with E-state index in [1.807, 2.05) is 79.2 Å². The second-order valence-corrected chi connectivity index (χ2v) is 24.3. The summed E-state index contributed by atoms with van der Waals surface area (Å²) < 4.78 is 23.1. The lowest BCUT2D eigenvalue weighted by atomic mass is 9.99. The zero-order chi connectivity index (χ0) is 54.4. The number of thiazole rings is 3. The van der Waals surface area contributed by atoms with Crippen molar-refractivity contribution in [2.75, 3.05) is 39.3 Å². The number of nitrogens with zero attached hydrogens (tertiary/aromatic N) is 13. The van der Waals surface area contributed by atoms with Crippen molar-refractivity contribution in [3.8, 4) is 39.8 Å². The average Bonchev–Trinajstić information content (AvgIpc) is 4.52. The Morgan fingerprint density at radius 3 is 1.31 bits per heavy atom. The molecule has 0 aliphatic carbocycles. The van der Waals surface area contributed by atoms with Crippen molar-refractivity contribution in [2.45, 2.75) is 69.6 Å². The van der Waals surface area contributed by atoms with Crippen LogP contribution in [0.5, 0.6) is 0 Å². The summed E-state index contributed by atoms with van der Waals surface area (Å²) in [5, 5.41) is 39.5. The van der Waals surface area contributed by atoms with Gasteiger partial charge in [0.25, 0.3) is 0 Å². The molecule has 20 heteroatoms. The highest BCUT2D eigenvalue weighted by Crippen LogP contribution is 2.38. The van der Waals surface area contributed by atoms with E-state index in [1.165, 1.54) is 49.6 Å². The lowest BCUT2D eigenvalue weighted by Gasteiger charge is -2.20. The standard InChI is InChI=1S/C21H23N5S.C20H18N6S.C19H18FN5S/c1-3-13-8-15(9-16-12-26(2)25-20(13)16)17-10-19-18(11-23-17)24-21(27-19)14-4-6-22-7-5-14;1-26-11-15-7-13(6-14(9-21)19(15)25-26)16-8-18-17(10-23-16)24-20(27-18)12-2-4-22-5-3-12;1-25-10-13-6-12(7-14(20)18(13)24-25)15-8-17-16(9-22-15)23-19(26-17)11-2-4-21-5-3-11/h8-12,14,22H,3-7H2,1-2H3;6-8,10-12,22H,2-5H2,1H3;6-11,21H,2-5H2,1H3. The number of nitriles is 1. The van der Waals surface area contributed by atoms with Gasteiger partial charge in [-0.2, -0.15) is 20.6 Å². The summed E-state index contributed by atoms with van der Waals surface area (Å²) >= 11 is 5.34. The van der Waals surface area contributed by atoms with Crippen LogP contribution in [-0.2, 0) is 27.6 Å². The molecule has 0 bridgehead atoms. The van der Waals surface area contributed by atoms with E-state index in [-0.39, 0.29) is 5.82 Å². The Kier molecular flexibility index (Phi) is 14.4. The van der Waals surface area contributed by atoms with Gasteiger partial charge in [0.15, 0.2) is 5.82 Å². The number of benzene rings is 3. The van der Waals surface area contributed by atoms with Gasteiger partial charge in [-0.3, -0.25) is 29.0 Å². The summed E-state index contributed by atoms with van der Waals surface area (Å²) in [5.41, 5.74) is 12.5. The molecule has 0 saturated carbocycles. The third kappa shape index (κ3) is 10.6. The van der Waals surface area contributed by atoms with Crippen LogP contribution in [0.4, 0.5) is 4.39 Å². The molecule has 3 fully saturated rings. The Labute approximate surface area is 473 Å². The molecule has 12 aromatic rings. The lowest BCUT2D eigenvalue weighted by molar-refractivity contribution is 0.459. The number of hydrogen-bond donors (Lipinski definition) is 3. The molecule has 0 amide bonds. The van der Waals surface area contributed by atoms with Crippen LogP contribution in [0.1, 0.15) is 89.4 Å². The second kappa shape index (κ2) is 22.2. The first-order chi connectivity index (χ1) is 39.1. The van der Waals surface area contributed by atoms with E-state index < -0.39 is 0 Å². The fraction of sp³-hybridized carbons (Fsp3) is 0.333. The maximum absolute atomic E-state index is 14.4. The highest BCUT2D eigenvalue weighted by Gasteiger charge is 2.23. The van der Waals surface area contributed by atoms with Crippen molar-refractivity contribution < 1.29 is 4.39 Å². The predicted molar refractivity (Wildman–Crippen MR) is 320 cm³/mol. The monoisotopic (exact) mass is 1120 g/mol. The van der Waals surface area contributed by atoms with Crippen LogP contribution in [0.25, 0.3) is 97.1 Å². The molecule has 80 heavy (non-hydrogen) atoms. The number of rotatable bonds is 7. The van der Waals surface area contributed by atoms with Crippen molar-refractivity contribution in [3.63, 3.8) is 0 Å². The fourth-order valence-corrected chi connectivity index (χ4v) is 14.8. The first-order valence-electron chi connectivity index (χ1n) is 27.5. The Morgan fingerprint density at radius 1 is 0.512 bits per heavy atom. The largest absolute Gasteiger partial charge is 0.317 e. The van der Waals surface area contributed by atoms with Crippen molar-refractivity contribution in [3.05, 3.63) is 124 Å². The van der Waals surface area contributed by atoms with Crippen molar-refractivity contribution in [1.29, 1.82) is 5.26 Å². The van der Waals surface area contributed by atoms with Gasteiger partial charge in [0, 0.05) is 90.3 Å². The molecule has 9 aromatic heterocycles. The smallest absolute Gasteiger partial charge is 0.151 e. The number of hydrogen-bond acceptors (Lipinski definition) is 16. The van der Waals surface area contributed by atoms with Gasteiger partial charge in [-0.1, -0.05) is 6.92 Å². The molecule has 3 saturated heterocycles. The van der Waals surface area contributed by atoms with Crippen molar-refractivity contribution >= 4 is 97.4 Å². The number of aromatic nitrogens is 12. The zero-order valence-electron chi connectivity index (χ0n) is 45.0. The van der Waals surface area contributed by atoms with E-state index in [4.69, 9.17) is 19.9 Å². The van der Waals surface area contributed by atoms with Gasteiger partial charge in [-0.05, 0) is 144 Å². The number of aryl methyl sites for hydroxylation is 4. The van der Waals surface area contributed by atoms with Crippen LogP contribution in [0.3, 0.4) is 0 Å². The van der Waals surface area contributed by atoms with Crippen LogP contribution in [-0.4, -0.2) is 98.5 Å². The first-order valence-corrected chi connectivity index (χ1v) is 29.9. The maximum Gasteiger partial charge on any atom is 0.151 e. The number of halogens is 1. The molecule has 3 aliphatic heterocycles. The molecule has 16 nitrogen and oxygen atoms in total. The van der Waals surface area contributed by atoms with E-state index in [0.29, 0.717) is 28.8 Å². The molecule has 3 aliphatic rings. The second-order valence-electron chi connectivity index (χ2n) is 21.1. The lowest BCUT2D eigenvalue weighted by Crippen LogP contribution is -2.26. The van der Waals surface area contributed by atoms with Crippen LogP contribution in [0.15, 0.2) is 91.8 Å². The summed E-state index contributed by atoms with van der Waals surface area (Å²) in [5.74, 6) is 1.34. The number of fused-ring (bicyclic) bond motifs is 6. The molecule has 3 aromatic carbocycles.